The average Bonchev–Trinajstić information content (AvgIpc) is 2.99. The third kappa shape index (κ3) is 4.03. The van der Waals surface area contributed by atoms with E-state index >= 15 is 0 Å². The van der Waals surface area contributed by atoms with Crippen molar-refractivity contribution < 1.29 is 9.53 Å². The Bertz CT molecular complexity index is 624. The Hall–Kier alpha value is -2.44. The van der Waals surface area contributed by atoms with Crippen LogP contribution in [0.1, 0.15) is 49.4 Å². The minimum atomic E-state index is -0.0979. The number of nitrogens with zero attached hydrogens (tertiary/aromatic N) is 4. The molecule has 0 atom stereocenters. The number of aromatic nitrogens is 4. The fourth-order valence-corrected chi connectivity index (χ4v) is 1.92. The average molecular weight is 303 g/mol. The van der Waals surface area contributed by atoms with Crippen molar-refractivity contribution in [3.63, 3.8) is 0 Å². The monoisotopic (exact) mass is 303 g/mol. The topological polar surface area (TPSA) is 81.9 Å². The van der Waals surface area contributed by atoms with E-state index in [0.29, 0.717) is 23.7 Å². The summed E-state index contributed by atoms with van der Waals surface area (Å²) < 4.78 is 7.40. The summed E-state index contributed by atoms with van der Waals surface area (Å²) in [5.74, 6) is 1.16. The van der Waals surface area contributed by atoms with Crippen molar-refractivity contribution in [2.45, 2.75) is 39.8 Å². The second-order valence-corrected chi connectivity index (χ2v) is 5.21. The summed E-state index contributed by atoms with van der Waals surface area (Å²) in [5, 5.41) is 14.4. The summed E-state index contributed by atoms with van der Waals surface area (Å²) in [5.41, 5.74) is 0.578. The van der Waals surface area contributed by atoms with Crippen LogP contribution in [-0.2, 0) is 6.61 Å². The molecule has 0 aliphatic heterocycles. The number of hydrogen-bond acceptors (Lipinski definition) is 5. The van der Waals surface area contributed by atoms with Crippen molar-refractivity contribution in [2.24, 2.45) is 0 Å². The smallest absolute Gasteiger partial charge is 0.251 e. The molecule has 0 saturated carbocycles. The maximum Gasteiger partial charge on any atom is 0.251 e. The van der Waals surface area contributed by atoms with Gasteiger partial charge >= 0.3 is 0 Å². The highest BCUT2D eigenvalue weighted by atomic mass is 16.5. The minimum Gasteiger partial charge on any atom is -0.486 e. The van der Waals surface area contributed by atoms with Gasteiger partial charge in [-0.25, -0.2) is 4.68 Å². The van der Waals surface area contributed by atoms with E-state index in [4.69, 9.17) is 4.74 Å². The molecule has 0 fully saturated rings. The van der Waals surface area contributed by atoms with Crippen LogP contribution in [0.4, 0.5) is 0 Å². The zero-order valence-electron chi connectivity index (χ0n) is 13.1. The van der Waals surface area contributed by atoms with Gasteiger partial charge in [0.1, 0.15) is 12.4 Å². The highest BCUT2D eigenvalue weighted by Gasteiger charge is 2.10. The van der Waals surface area contributed by atoms with Gasteiger partial charge in [-0.3, -0.25) is 4.79 Å². The van der Waals surface area contributed by atoms with Crippen LogP contribution in [0.3, 0.4) is 0 Å². The standard InChI is InChI=1S/C15H21N5O2/c1-4-8-16-15(21)12-6-5-7-13(9-12)22-10-14-17-18-19-20(14)11(2)3/h5-7,9,11H,4,8,10H2,1-3H3,(H,16,21). The van der Waals surface area contributed by atoms with Crippen molar-refractivity contribution in [3.05, 3.63) is 35.7 Å². The Morgan fingerprint density at radius 1 is 1.41 bits per heavy atom. The molecule has 0 bridgehead atoms. The Kier molecular flexibility index (Phi) is 5.46. The molecule has 0 unspecified atom stereocenters. The van der Waals surface area contributed by atoms with Crippen molar-refractivity contribution >= 4 is 5.91 Å². The van der Waals surface area contributed by atoms with Crippen LogP contribution in [0.15, 0.2) is 24.3 Å². The molecular weight excluding hydrogens is 282 g/mol. The quantitative estimate of drug-likeness (QED) is 0.845. The van der Waals surface area contributed by atoms with Gasteiger partial charge in [0.05, 0.1) is 6.04 Å². The number of carbonyl (C=O) groups excluding carboxylic acids is 1. The zero-order valence-corrected chi connectivity index (χ0v) is 13.1. The molecule has 118 valence electrons. The molecule has 0 aliphatic rings. The maximum atomic E-state index is 11.9. The number of rotatable bonds is 7. The number of hydrogen-bond donors (Lipinski definition) is 1. The number of nitrogens with one attached hydrogen (secondary N) is 1. The molecule has 7 heteroatoms. The molecule has 1 amide bonds. The number of amides is 1. The van der Waals surface area contributed by atoms with Crippen molar-refractivity contribution in [1.29, 1.82) is 0 Å². The highest BCUT2D eigenvalue weighted by molar-refractivity contribution is 5.94. The fourth-order valence-electron chi connectivity index (χ4n) is 1.92. The number of carbonyl (C=O) groups is 1. The van der Waals surface area contributed by atoms with Crippen LogP contribution in [0.2, 0.25) is 0 Å². The van der Waals surface area contributed by atoms with E-state index in [0.717, 1.165) is 6.42 Å². The lowest BCUT2D eigenvalue weighted by molar-refractivity contribution is 0.0953. The lowest BCUT2D eigenvalue weighted by Crippen LogP contribution is -2.23. The molecule has 2 rings (SSSR count). The number of ether oxygens (including phenoxy) is 1. The van der Waals surface area contributed by atoms with Crippen molar-refractivity contribution in [3.8, 4) is 5.75 Å². The Morgan fingerprint density at radius 2 is 2.23 bits per heavy atom. The predicted molar refractivity (Wildman–Crippen MR) is 81.6 cm³/mol. The molecule has 1 heterocycles. The van der Waals surface area contributed by atoms with E-state index in [9.17, 15) is 4.79 Å². The second-order valence-electron chi connectivity index (χ2n) is 5.21. The molecule has 0 radical (unpaired) electrons. The largest absolute Gasteiger partial charge is 0.486 e. The van der Waals surface area contributed by atoms with Gasteiger partial charge in [0, 0.05) is 12.1 Å². The van der Waals surface area contributed by atoms with E-state index in [1.54, 1.807) is 28.9 Å². The van der Waals surface area contributed by atoms with Crippen LogP contribution >= 0.6 is 0 Å². The normalized spacial score (nSPS) is 10.7. The molecular formula is C15H21N5O2. The van der Waals surface area contributed by atoms with Crippen LogP contribution in [0.25, 0.3) is 0 Å². The van der Waals surface area contributed by atoms with E-state index in [1.807, 2.05) is 20.8 Å². The lowest BCUT2D eigenvalue weighted by Gasteiger charge is -2.10. The van der Waals surface area contributed by atoms with Gasteiger partial charge in [0.25, 0.3) is 5.91 Å². The van der Waals surface area contributed by atoms with Crippen LogP contribution < -0.4 is 10.1 Å². The first kappa shape index (κ1) is 15.9. The molecule has 1 N–H and O–H groups in total. The molecule has 0 saturated heterocycles. The van der Waals surface area contributed by atoms with E-state index in [2.05, 4.69) is 20.8 Å². The van der Waals surface area contributed by atoms with Gasteiger partial charge in [0.15, 0.2) is 5.82 Å². The number of tetrazole rings is 1. The molecule has 0 spiro atoms. The summed E-state index contributed by atoms with van der Waals surface area (Å²) >= 11 is 0. The van der Waals surface area contributed by atoms with Crippen molar-refractivity contribution in [2.75, 3.05) is 6.54 Å². The van der Waals surface area contributed by atoms with Gasteiger partial charge in [-0.15, -0.1) is 5.10 Å². The molecule has 7 nitrogen and oxygen atoms in total. The summed E-state index contributed by atoms with van der Waals surface area (Å²) in [6, 6.07) is 7.24. The van der Waals surface area contributed by atoms with Crippen LogP contribution in [0, 0.1) is 0 Å². The Balaban J connectivity index is 2.01. The first-order chi connectivity index (χ1) is 10.6. The summed E-state index contributed by atoms with van der Waals surface area (Å²) in [4.78, 5) is 11.9. The fraction of sp³-hybridized carbons (Fsp3) is 0.467. The van der Waals surface area contributed by atoms with Gasteiger partial charge in [-0.05, 0) is 48.9 Å². The van der Waals surface area contributed by atoms with E-state index < -0.39 is 0 Å². The van der Waals surface area contributed by atoms with E-state index in [1.165, 1.54) is 0 Å². The first-order valence-corrected chi connectivity index (χ1v) is 7.39. The molecule has 1 aromatic heterocycles. The predicted octanol–water partition coefficient (Wildman–Crippen LogP) is 1.97. The number of benzene rings is 1. The molecule has 0 aliphatic carbocycles. The summed E-state index contributed by atoms with van der Waals surface area (Å²) in [7, 11) is 0. The SMILES string of the molecule is CCCNC(=O)c1cccc(OCc2nnnn2C(C)C)c1. The Morgan fingerprint density at radius 3 is 2.95 bits per heavy atom. The lowest BCUT2D eigenvalue weighted by atomic mass is 10.2. The van der Waals surface area contributed by atoms with Gasteiger partial charge < -0.3 is 10.1 Å². The van der Waals surface area contributed by atoms with Gasteiger partial charge in [-0.1, -0.05) is 13.0 Å². The highest BCUT2D eigenvalue weighted by Crippen LogP contribution is 2.15. The summed E-state index contributed by atoms with van der Waals surface area (Å²) in [6.45, 7) is 6.92. The Labute approximate surface area is 129 Å². The van der Waals surface area contributed by atoms with Gasteiger partial charge in [-0.2, -0.15) is 0 Å². The van der Waals surface area contributed by atoms with Gasteiger partial charge in [0.2, 0.25) is 0 Å². The summed E-state index contributed by atoms with van der Waals surface area (Å²) in [6.07, 6.45) is 0.903. The zero-order chi connectivity index (χ0) is 15.9. The minimum absolute atomic E-state index is 0.0979. The second kappa shape index (κ2) is 7.53. The van der Waals surface area contributed by atoms with E-state index in [-0.39, 0.29) is 18.6 Å². The molecule has 22 heavy (non-hydrogen) atoms. The van der Waals surface area contributed by atoms with Crippen molar-refractivity contribution in [1.82, 2.24) is 25.5 Å². The van der Waals surface area contributed by atoms with Crippen LogP contribution in [0.5, 0.6) is 5.75 Å². The molecule has 1 aromatic carbocycles. The third-order valence-electron chi connectivity index (χ3n) is 3.05. The third-order valence-corrected chi connectivity index (χ3v) is 3.05. The first-order valence-electron chi connectivity index (χ1n) is 7.39. The maximum absolute atomic E-state index is 11.9. The van der Waals surface area contributed by atoms with Crippen LogP contribution in [-0.4, -0.2) is 32.7 Å². The molecule has 2 aromatic rings.